The van der Waals surface area contributed by atoms with E-state index in [-0.39, 0.29) is 25.9 Å². The lowest BCUT2D eigenvalue weighted by Gasteiger charge is -2.40. The monoisotopic (exact) mass is 1060 g/mol. The second-order valence-corrected chi connectivity index (χ2v) is 21.3. The van der Waals surface area contributed by atoms with Crippen LogP contribution in [0.15, 0.2) is 36.5 Å². The van der Waals surface area contributed by atoms with Crippen molar-refractivity contribution in [1.29, 1.82) is 0 Å². The zero-order valence-electron chi connectivity index (χ0n) is 48.1. The van der Waals surface area contributed by atoms with Crippen LogP contribution in [0.1, 0.15) is 290 Å². The molecular formula is C63H112O12. The molecule has 0 amide bonds. The number of carbonyl (C=O) groups is 4. The smallest absolute Gasteiger partial charge is 0.335 e. The van der Waals surface area contributed by atoms with Gasteiger partial charge in [0.15, 0.2) is 24.6 Å². The van der Waals surface area contributed by atoms with Crippen LogP contribution in [0.25, 0.3) is 0 Å². The van der Waals surface area contributed by atoms with E-state index >= 15 is 0 Å². The molecule has 0 aromatic rings. The summed E-state index contributed by atoms with van der Waals surface area (Å²) in [6, 6.07) is 0. The number of carbonyl (C=O) groups excluding carboxylic acids is 3. The molecule has 0 aromatic carbocycles. The largest absolute Gasteiger partial charge is 0.479 e. The average Bonchev–Trinajstić information content (AvgIpc) is 3.39. The molecule has 6 unspecified atom stereocenters. The molecule has 0 radical (unpaired) electrons. The number of ether oxygens (including phenoxy) is 5. The standard InChI is InChI=1S/C63H112O12/c1-4-7-10-13-16-19-21-23-25-27-28-30-32-34-36-39-42-45-48-51-57(66)74-61-59(68)58(67)60(62(69)70)75-63(61)72-53-54(73-56(65)50-47-44-41-37-18-15-12-9-6-3)52-71-55(64)49-46-43-40-38-35-33-31-29-26-24-22-20-17-14-11-8-5-2/h16,19,23-26,54,58-61,63,67-68H,4-15,17-18,20-22,27-53H2,1-3H3,(H,69,70)/b19-16-,25-23-,26-24-. The van der Waals surface area contributed by atoms with Gasteiger partial charge in [0.2, 0.25) is 0 Å². The predicted octanol–water partition coefficient (Wildman–Crippen LogP) is 16.0. The van der Waals surface area contributed by atoms with Gasteiger partial charge in [-0.05, 0) is 77.0 Å². The fraction of sp³-hybridized carbons (Fsp3) is 0.841. The highest BCUT2D eigenvalue weighted by Crippen LogP contribution is 2.27. The molecule has 1 heterocycles. The Balaban J connectivity index is 2.60. The van der Waals surface area contributed by atoms with Gasteiger partial charge in [0.25, 0.3) is 0 Å². The van der Waals surface area contributed by atoms with Crippen LogP contribution in [0.4, 0.5) is 0 Å². The van der Waals surface area contributed by atoms with E-state index in [1.54, 1.807) is 0 Å². The molecule has 1 aliphatic rings. The van der Waals surface area contributed by atoms with Crippen LogP contribution in [-0.4, -0.2) is 89.2 Å². The van der Waals surface area contributed by atoms with Crippen molar-refractivity contribution < 1.29 is 58.2 Å². The minimum atomic E-state index is -1.90. The number of unbranched alkanes of at least 4 members (excludes halogenated alkanes) is 33. The molecule has 0 aliphatic carbocycles. The summed E-state index contributed by atoms with van der Waals surface area (Å²) in [5.41, 5.74) is 0. The molecule has 1 aliphatic heterocycles. The number of carboxylic acid groups (broad SMARTS) is 1. The summed E-state index contributed by atoms with van der Waals surface area (Å²) in [6.45, 7) is 5.96. The van der Waals surface area contributed by atoms with Gasteiger partial charge in [0.1, 0.15) is 18.8 Å². The van der Waals surface area contributed by atoms with Gasteiger partial charge in [0, 0.05) is 19.3 Å². The molecule has 0 spiro atoms. The highest BCUT2D eigenvalue weighted by atomic mass is 16.7. The van der Waals surface area contributed by atoms with Crippen LogP contribution in [0.2, 0.25) is 0 Å². The highest BCUT2D eigenvalue weighted by molar-refractivity contribution is 5.74. The first-order valence-electron chi connectivity index (χ1n) is 31.0. The summed E-state index contributed by atoms with van der Waals surface area (Å²) in [7, 11) is 0. The van der Waals surface area contributed by atoms with Gasteiger partial charge in [0.05, 0.1) is 6.61 Å². The zero-order chi connectivity index (χ0) is 54.7. The zero-order valence-corrected chi connectivity index (χ0v) is 48.1. The van der Waals surface area contributed by atoms with E-state index in [1.807, 2.05) is 0 Å². The Morgan fingerprint density at radius 2 is 0.800 bits per heavy atom. The molecule has 0 saturated carbocycles. The Kier molecular flexibility index (Phi) is 48.2. The van der Waals surface area contributed by atoms with Crippen LogP contribution in [0, 0.1) is 0 Å². The lowest BCUT2D eigenvalue weighted by molar-refractivity contribution is -0.301. The van der Waals surface area contributed by atoms with E-state index in [0.29, 0.717) is 19.3 Å². The first-order valence-corrected chi connectivity index (χ1v) is 31.0. The Labute approximate surface area is 457 Å². The van der Waals surface area contributed by atoms with Crippen LogP contribution in [0.3, 0.4) is 0 Å². The first kappa shape index (κ1) is 70.0. The van der Waals surface area contributed by atoms with E-state index < -0.39 is 67.3 Å². The minimum Gasteiger partial charge on any atom is -0.479 e. The van der Waals surface area contributed by atoms with Crippen molar-refractivity contribution >= 4 is 23.9 Å². The molecule has 12 heteroatoms. The second-order valence-electron chi connectivity index (χ2n) is 21.3. The fourth-order valence-corrected chi connectivity index (χ4v) is 9.39. The number of rotatable bonds is 53. The van der Waals surface area contributed by atoms with Crippen LogP contribution in [-0.2, 0) is 42.9 Å². The van der Waals surface area contributed by atoms with Crippen LogP contribution in [0.5, 0.6) is 0 Å². The minimum absolute atomic E-state index is 0.0584. The number of aliphatic carboxylic acids is 1. The third-order valence-corrected chi connectivity index (χ3v) is 14.2. The number of hydrogen-bond acceptors (Lipinski definition) is 11. The van der Waals surface area contributed by atoms with E-state index in [2.05, 4.69) is 57.2 Å². The summed E-state index contributed by atoms with van der Waals surface area (Å²) in [5.74, 6) is -3.11. The number of carboxylic acids is 1. The summed E-state index contributed by atoms with van der Waals surface area (Å²) in [5, 5.41) is 31.5. The normalized spacial score (nSPS) is 18.3. The second kappa shape index (κ2) is 51.7. The van der Waals surface area contributed by atoms with E-state index in [9.17, 15) is 34.5 Å². The van der Waals surface area contributed by atoms with Gasteiger partial charge in [-0.15, -0.1) is 0 Å². The topological polar surface area (TPSA) is 175 Å². The third kappa shape index (κ3) is 41.7. The van der Waals surface area contributed by atoms with Crippen molar-refractivity contribution in [3.05, 3.63) is 36.5 Å². The summed E-state index contributed by atoms with van der Waals surface area (Å²) in [4.78, 5) is 51.1. The molecule has 1 fully saturated rings. The average molecular weight is 1060 g/mol. The Morgan fingerprint density at radius 3 is 1.24 bits per heavy atom. The lowest BCUT2D eigenvalue weighted by Crippen LogP contribution is -2.61. The van der Waals surface area contributed by atoms with Gasteiger partial charge in [-0.3, -0.25) is 14.4 Å². The highest BCUT2D eigenvalue weighted by Gasteiger charge is 2.50. The van der Waals surface area contributed by atoms with Crippen molar-refractivity contribution in [2.75, 3.05) is 13.2 Å². The SMILES string of the molecule is CCCCC/C=C\C/C=C\CCCCCCCCCCCC(=O)OC1C(OCC(COC(=O)CCCCCCCCC/C=C\CCCCCCCC)OC(=O)CCCCCCCCCCC)OC(C(=O)O)C(O)C1O. The summed E-state index contributed by atoms with van der Waals surface area (Å²) >= 11 is 0. The van der Waals surface area contributed by atoms with Crippen molar-refractivity contribution in [1.82, 2.24) is 0 Å². The molecule has 3 N–H and O–H groups in total. The van der Waals surface area contributed by atoms with Crippen molar-refractivity contribution in [2.24, 2.45) is 0 Å². The quantitative estimate of drug-likeness (QED) is 0.0228. The van der Waals surface area contributed by atoms with Gasteiger partial charge < -0.3 is 39.0 Å². The van der Waals surface area contributed by atoms with Crippen molar-refractivity contribution in [3.8, 4) is 0 Å². The van der Waals surface area contributed by atoms with Crippen molar-refractivity contribution in [2.45, 2.75) is 327 Å². The molecule has 0 bridgehead atoms. The third-order valence-electron chi connectivity index (χ3n) is 14.2. The fourth-order valence-electron chi connectivity index (χ4n) is 9.39. The Hall–Kier alpha value is -3.06. The van der Waals surface area contributed by atoms with Crippen LogP contribution >= 0.6 is 0 Å². The molecular weight excluding hydrogens is 949 g/mol. The van der Waals surface area contributed by atoms with E-state index in [1.165, 1.54) is 148 Å². The lowest BCUT2D eigenvalue weighted by atomic mass is 9.98. The maximum atomic E-state index is 13.1. The molecule has 1 saturated heterocycles. The van der Waals surface area contributed by atoms with E-state index in [4.69, 9.17) is 23.7 Å². The van der Waals surface area contributed by atoms with Gasteiger partial charge >= 0.3 is 23.9 Å². The molecule has 436 valence electrons. The number of allylic oxidation sites excluding steroid dienone is 6. The molecule has 6 atom stereocenters. The Bertz CT molecular complexity index is 1450. The molecule has 75 heavy (non-hydrogen) atoms. The maximum absolute atomic E-state index is 13.1. The van der Waals surface area contributed by atoms with Gasteiger partial charge in [-0.2, -0.15) is 0 Å². The van der Waals surface area contributed by atoms with Gasteiger partial charge in [-0.25, -0.2) is 4.79 Å². The maximum Gasteiger partial charge on any atom is 0.335 e. The number of hydrogen-bond donors (Lipinski definition) is 3. The molecule has 1 rings (SSSR count). The van der Waals surface area contributed by atoms with E-state index in [0.717, 1.165) is 83.5 Å². The summed E-state index contributed by atoms with van der Waals surface area (Å²) < 4.78 is 28.4. The number of aliphatic hydroxyl groups excluding tert-OH is 2. The summed E-state index contributed by atoms with van der Waals surface area (Å²) in [6.07, 6.45) is 48.3. The van der Waals surface area contributed by atoms with Crippen molar-refractivity contribution in [3.63, 3.8) is 0 Å². The van der Waals surface area contributed by atoms with Crippen LogP contribution < -0.4 is 0 Å². The first-order chi connectivity index (χ1) is 36.6. The number of aliphatic hydroxyl groups is 2. The predicted molar refractivity (Wildman–Crippen MR) is 303 cm³/mol. The van der Waals surface area contributed by atoms with Gasteiger partial charge in [-0.1, -0.05) is 231 Å². The number of esters is 3. The molecule has 0 aromatic heterocycles. The molecule has 12 nitrogen and oxygen atoms in total. The Morgan fingerprint density at radius 1 is 0.440 bits per heavy atom.